The average Bonchev–Trinajstić information content (AvgIpc) is 3.28. The number of nitrogens with zero attached hydrogens (tertiary/aromatic N) is 3. The van der Waals surface area contributed by atoms with E-state index in [4.69, 9.17) is 0 Å². The Bertz CT molecular complexity index is 1380. The van der Waals surface area contributed by atoms with Crippen LogP contribution in [0.3, 0.4) is 0 Å². The maximum Gasteiger partial charge on any atom is 0.332 e. The number of nitrogens with one attached hydrogen (secondary N) is 2. The van der Waals surface area contributed by atoms with Crippen LogP contribution in [-0.2, 0) is 24.3 Å². The molecule has 0 bridgehead atoms. The predicted molar refractivity (Wildman–Crippen MR) is 122 cm³/mol. The van der Waals surface area contributed by atoms with Gasteiger partial charge in [-0.25, -0.2) is 4.79 Å². The van der Waals surface area contributed by atoms with Crippen molar-refractivity contribution in [1.82, 2.24) is 19.3 Å². The highest BCUT2D eigenvalue weighted by Crippen LogP contribution is 2.26. The Morgan fingerprint density at radius 1 is 1.13 bits per heavy atom. The van der Waals surface area contributed by atoms with E-state index in [1.165, 1.54) is 20.5 Å². The molecule has 4 aromatic rings. The summed E-state index contributed by atoms with van der Waals surface area (Å²) in [6, 6.07) is 11.4. The molecular weight excluding hydrogens is 414 g/mol. The van der Waals surface area contributed by atoms with Gasteiger partial charge in [0.15, 0.2) is 5.82 Å². The van der Waals surface area contributed by atoms with Gasteiger partial charge in [-0.15, -0.1) is 11.3 Å². The Labute approximate surface area is 182 Å². The van der Waals surface area contributed by atoms with Gasteiger partial charge >= 0.3 is 5.69 Å². The fourth-order valence-electron chi connectivity index (χ4n) is 3.54. The lowest BCUT2D eigenvalue weighted by atomic mass is 10.1. The smallest absolute Gasteiger partial charge is 0.308 e. The topological polar surface area (TPSA) is 102 Å². The number of benzene rings is 1. The van der Waals surface area contributed by atoms with Gasteiger partial charge in [-0.2, -0.15) is 5.10 Å². The van der Waals surface area contributed by atoms with Crippen LogP contribution in [0.4, 0.5) is 5.82 Å². The van der Waals surface area contributed by atoms with Crippen molar-refractivity contribution in [3.05, 3.63) is 78.9 Å². The maximum atomic E-state index is 13.3. The number of H-pyrrole nitrogens is 1. The van der Waals surface area contributed by atoms with Crippen LogP contribution in [0, 0.1) is 20.8 Å². The van der Waals surface area contributed by atoms with E-state index < -0.39 is 5.69 Å². The molecule has 4 rings (SSSR count). The van der Waals surface area contributed by atoms with Crippen LogP contribution in [0.2, 0.25) is 0 Å². The van der Waals surface area contributed by atoms with Gasteiger partial charge in [-0.3, -0.25) is 23.8 Å². The van der Waals surface area contributed by atoms with Crippen LogP contribution < -0.4 is 16.6 Å². The standard InChI is InChI=1S/C22H23N5O3S/c1-13-11-17(25-24-13)23-18(28)12-27-21-19(14(2)15(3)31-21)20(29)26(22(27)30)10-9-16-7-5-4-6-8-16/h4-8,11H,9-10,12H2,1-3H3,(H2,23,24,25,28). The molecule has 0 spiro atoms. The van der Waals surface area contributed by atoms with Crippen LogP contribution in [0.25, 0.3) is 10.2 Å². The van der Waals surface area contributed by atoms with Crippen LogP contribution in [0.15, 0.2) is 46.0 Å². The Balaban J connectivity index is 1.74. The number of thiophene rings is 1. The van der Waals surface area contributed by atoms with Gasteiger partial charge in [0.2, 0.25) is 5.91 Å². The first-order valence-corrected chi connectivity index (χ1v) is 10.8. The van der Waals surface area contributed by atoms with E-state index in [9.17, 15) is 14.4 Å². The zero-order valence-corrected chi connectivity index (χ0v) is 18.4. The molecule has 0 saturated heterocycles. The number of aromatic amines is 1. The maximum absolute atomic E-state index is 13.3. The minimum atomic E-state index is -0.483. The highest BCUT2D eigenvalue weighted by atomic mass is 32.1. The molecule has 3 aromatic heterocycles. The molecule has 0 saturated carbocycles. The van der Waals surface area contributed by atoms with Crippen LogP contribution >= 0.6 is 11.3 Å². The number of hydrogen-bond acceptors (Lipinski definition) is 5. The van der Waals surface area contributed by atoms with Gasteiger partial charge in [0.25, 0.3) is 5.56 Å². The lowest BCUT2D eigenvalue weighted by Gasteiger charge is -2.12. The Kier molecular flexibility index (Phi) is 5.60. The third-order valence-corrected chi connectivity index (χ3v) is 6.50. The quantitative estimate of drug-likeness (QED) is 0.484. The molecule has 160 valence electrons. The van der Waals surface area contributed by atoms with E-state index in [1.807, 2.05) is 51.1 Å². The highest BCUT2D eigenvalue weighted by Gasteiger charge is 2.20. The first-order valence-electron chi connectivity index (χ1n) is 9.94. The van der Waals surface area contributed by atoms with Crippen molar-refractivity contribution in [2.45, 2.75) is 40.3 Å². The molecule has 0 fully saturated rings. The van der Waals surface area contributed by atoms with Crippen LogP contribution in [0.1, 0.15) is 21.7 Å². The number of carbonyl (C=O) groups is 1. The van der Waals surface area contributed by atoms with Crippen molar-refractivity contribution in [2.75, 3.05) is 5.32 Å². The number of rotatable bonds is 6. The third kappa shape index (κ3) is 4.09. The summed E-state index contributed by atoms with van der Waals surface area (Å²) in [7, 11) is 0. The summed E-state index contributed by atoms with van der Waals surface area (Å²) in [5.74, 6) is 0.00889. The number of carbonyl (C=O) groups excluding carboxylic acids is 1. The molecule has 0 aliphatic rings. The summed E-state index contributed by atoms with van der Waals surface area (Å²) in [6.45, 7) is 5.66. The molecule has 0 radical (unpaired) electrons. The Morgan fingerprint density at radius 3 is 2.55 bits per heavy atom. The number of aryl methyl sites for hydroxylation is 4. The van der Waals surface area contributed by atoms with Gasteiger partial charge < -0.3 is 5.32 Å². The first-order chi connectivity index (χ1) is 14.8. The predicted octanol–water partition coefficient (Wildman–Crippen LogP) is 2.75. The summed E-state index contributed by atoms with van der Waals surface area (Å²) in [5, 5.41) is 9.95. The summed E-state index contributed by atoms with van der Waals surface area (Å²) in [4.78, 5) is 40.6. The average molecular weight is 438 g/mol. The van der Waals surface area contributed by atoms with E-state index in [-0.39, 0.29) is 24.6 Å². The number of hydrogen-bond donors (Lipinski definition) is 2. The fraction of sp³-hybridized carbons (Fsp3) is 0.273. The van der Waals surface area contributed by atoms with Crippen molar-refractivity contribution in [3.8, 4) is 0 Å². The van der Waals surface area contributed by atoms with Gasteiger partial charge in [0, 0.05) is 23.2 Å². The fourth-order valence-corrected chi connectivity index (χ4v) is 4.68. The van der Waals surface area contributed by atoms with Crippen LogP contribution in [-0.4, -0.2) is 25.2 Å². The molecule has 0 atom stereocenters. The van der Waals surface area contributed by atoms with Crippen molar-refractivity contribution in [3.63, 3.8) is 0 Å². The lowest BCUT2D eigenvalue weighted by molar-refractivity contribution is -0.116. The summed E-state index contributed by atoms with van der Waals surface area (Å²) >= 11 is 1.36. The summed E-state index contributed by atoms with van der Waals surface area (Å²) in [5.41, 5.74) is 1.90. The number of anilines is 1. The first kappa shape index (κ1) is 20.8. The molecule has 0 aliphatic heterocycles. The van der Waals surface area contributed by atoms with E-state index in [0.29, 0.717) is 22.5 Å². The van der Waals surface area contributed by atoms with E-state index in [2.05, 4.69) is 15.5 Å². The molecular formula is C22H23N5O3S. The third-order valence-electron chi connectivity index (χ3n) is 5.27. The summed E-state index contributed by atoms with van der Waals surface area (Å²) in [6.07, 6.45) is 0.544. The molecule has 9 heteroatoms. The van der Waals surface area contributed by atoms with Crippen molar-refractivity contribution in [1.29, 1.82) is 0 Å². The number of amides is 1. The minimum Gasteiger partial charge on any atom is -0.308 e. The number of fused-ring (bicyclic) bond motifs is 1. The molecule has 0 unspecified atom stereocenters. The van der Waals surface area contributed by atoms with E-state index >= 15 is 0 Å². The van der Waals surface area contributed by atoms with Gasteiger partial charge in [0.1, 0.15) is 11.4 Å². The molecule has 1 amide bonds. The summed E-state index contributed by atoms with van der Waals surface area (Å²) < 4.78 is 2.63. The largest absolute Gasteiger partial charge is 0.332 e. The second kappa shape index (κ2) is 8.35. The second-order valence-corrected chi connectivity index (χ2v) is 8.71. The Morgan fingerprint density at radius 2 is 1.87 bits per heavy atom. The lowest BCUT2D eigenvalue weighted by Crippen LogP contribution is -2.41. The van der Waals surface area contributed by atoms with Crippen molar-refractivity contribution < 1.29 is 4.79 Å². The molecule has 1 aromatic carbocycles. The second-order valence-electron chi connectivity index (χ2n) is 7.51. The molecule has 0 aliphatic carbocycles. The zero-order chi connectivity index (χ0) is 22.1. The van der Waals surface area contributed by atoms with Gasteiger partial charge in [-0.05, 0) is 38.3 Å². The van der Waals surface area contributed by atoms with Crippen LogP contribution in [0.5, 0.6) is 0 Å². The van der Waals surface area contributed by atoms with E-state index in [0.717, 1.165) is 21.7 Å². The van der Waals surface area contributed by atoms with E-state index in [1.54, 1.807) is 6.07 Å². The number of aromatic nitrogens is 4. The SMILES string of the molecule is Cc1cc(NC(=O)Cn2c(=O)n(CCc3ccccc3)c(=O)c3c(C)c(C)sc32)n[nH]1. The molecule has 2 N–H and O–H groups in total. The molecule has 3 heterocycles. The normalized spacial score (nSPS) is 11.2. The molecule has 31 heavy (non-hydrogen) atoms. The van der Waals surface area contributed by atoms with Crippen molar-refractivity contribution in [2.24, 2.45) is 0 Å². The minimum absolute atomic E-state index is 0.202. The van der Waals surface area contributed by atoms with Crippen molar-refractivity contribution >= 4 is 33.3 Å². The van der Waals surface area contributed by atoms with Gasteiger partial charge in [0.05, 0.1) is 5.39 Å². The van der Waals surface area contributed by atoms with Gasteiger partial charge in [-0.1, -0.05) is 30.3 Å². The molecule has 8 nitrogen and oxygen atoms in total. The zero-order valence-electron chi connectivity index (χ0n) is 17.6. The monoisotopic (exact) mass is 437 g/mol. The Hall–Kier alpha value is -3.46. The highest BCUT2D eigenvalue weighted by molar-refractivity contribution is 7.18.